The van der Waals surface area contributed by atoms with Gasteiger partial charge in [0.05, 0.1) is 16.3 Å². The monoisotopic (exact) mass is 672 g/mol. The molecule has 1 aliphatic carbocycles. The Morgan fingerprint density at radius 3 is 2.29 bits per heavy atom. The fourth-order valence-electron chi connectivity index (χ4n) is 7.14. The van der Waals surface area contributed by atoms with Crippen LogP contribution in [0.25, 0.3) is 0 Å². The number of halogens is 1. The highest BCUT2D eigenvalue weighted by Crippen LogP contribution is 2.55. The van der Waals surface area contributed by atoms with Crippen molar-refractivity contribution in [3.05, 3.63) is 64.4 Å². The van der Waals surface area contributed by atoms with Crippen LogP contribution in [0, 0.1) is 22.2 Å². The number of hydrogen-bond donors (Lipinski definition) is 2. The number of hydrogen-bond acceptors (Lipinski definition) is 11. The van der Waals surface area contributed by atoms with E-state index in [0.29, 0.717) is 34.5 Å². The Labute approximate surface area is 283 Å². The van der Waals surface area contributed by atoms with Gasteiger partial charge in [-0.3, -0.25) is 24.7 Å². The van der Waals surface area contributed by atoms with Crippen LogP contribution in [0.2, 0.25) is 5.02 Å². The highest BCUT2D eigenvalue weighted by Gasteiger charge is 2.64. The summed E-state index contributed by atoms with van der Waals surface area (Å²) in [5, 5.41) is 32.1. The van der Waals surface area contributed by atoms with Crippen LogP contribution >= 0.6 is 11.6 Å². The van der Waals surface area contributed by atoms with Crippen molar-refractivity contribution in [2.24, 2.45) is 10.8 Å². The number of nitrogens with zero attached hydrogens (tertiary/aromatic N) is 8. The Kier molecular flexibility index (Phi) is 8.93. The first-order valence-electron chi connectivity index (χ1n) is 15.8. The molecule has 3 fully saturated rings. The van der Waals surface area contributed by atoms with Crippen molar-refractivity contribution < 1.29 is 19.1 Å². The number of urea groups is 1. The molecule has 4 heterocycles. The third-order valence-electron chi connectivity index (χ3n) is 9.43. The molecule has 250 valence electrons. The van der Waals surface area contributed by atoms with E-state index in [1.165, 1.54) is 4.90 Å². The van der Waals surface area contributed by atoms with Crippen LogP contribution in [0.4, 0.5) is 16.4 Å². The summed E-state index contributed by atoms with van der Waals surface area (Å²) in [6, 6.07) is 13.5. The molecule has 15 heteroatoms. The van der Waals surface area contributed by atoms with Gasteiger partial charge in [0.15, 0.2) is 17.3 Å². The second-order valence-electron chi connectivity index (χ2n) is 13.5. The lowest BCUT2D eigenvalue weighted by atomic mass is 9.49. The third-order valence-corrected chi connectivity index (χ3v) is 9.74. The number of nitrogens with one attached hydrogen (secondary N) is 2. The van der Waals surface area contributed by atoms with Crippen LogP contribution < -0.4 is 25.2 Å². The molecule has 1 aromatic carbocycles. The number of carbonyl (C=O) groups is 3. The van der Waals surface area contributed by atoms with Crippen molar-refractivity contribution in [3.8, 4) is 11.8 Å². The summed E-state index contributed by atoms with van der Waals surface area (Å²) in [4.78, 5) is 42.5. The van der Waals surface area contributed by atoms with Gasteiger partial charge in [0.1, 0.15) is 17.9 Å². The minimum atomic E-state index is -0.487. The zero-order valence-corrected chi connectivity index (χ0v) is 28.0. The highest BCUT2D eigenvalue weighted by molar-refractivity contribution is 6.31. The minimum absolute atomic E-state index is 0.193. The molecular weight excluding hydrogens is 636 g/mol. The van der Waals surface area contributed by atoms with Crippen molar-refractivity contribution in [1.29, 1.82) is 5.26 Å². The van der Waals surface area contributed by atoms with Gasteiger partial charge in [-0.05, 0) is 36.4 Å². The summed E-state index contributed by atoms with van der Waals surface area (Å²) in [6.07, 6.45) is 0.0146. The Hall–Kier alpha value is -4.87. The topological polar surface area (TPSA) is 170 Å². The van der Waals surface area contributed by atoms with Gasteiger partial charge in [-0.15, -0.1) is 15.3 Å². The maximum Gasteiger partial charge on any atom is 0.329 e. The number of piperazine rings is 1. The van der Waals surface area contributed by atoms with Crippen LogP contribution in [0.3, 0.4) is 0 Å². The average Bonchev–Trinajstić information content (AvgIpc) is 3.07. The van der Waals surface area contributed by atoms with E-state index in [9.17, 15) is 14.4 Å². The van der Waals surface area contributed by atoms with Crippen molar-refractivity contribution >= 4 is 41.1 Å². The van der Waals surface area contributed by atoms with Gasteiger partial charge in [-0.25, -0.2) is 4.79 Å². The van der Waals surface area contributed by atoms with Crippen molar-refractivity contribution in [3.63, 3.8) is 0 Å². The molecule has 2 aromatic heterocycles. The molecule has 2 N–H and O–H groups in total. The molecule has 0 radical (unpaired) electrons. The zero-order chi connectivity index (χ0) is 34.2. The summed E-state index contributed by atoms with van der Waals surface area (Å²) in [5.74, 6) is 1.09. The summed E-state index contributed by atoms with van der Waals surface area (Å²) in [6.45, 7) is 12.1. The fraction of sp³-hybridized carbons (Fsp3) is 0.455. The molecule has 48 heavy (non-hydrogen) atoms. The molecule has 0 spiro atoms. The molecular formula is C33H37ClN10O4. The Bertz CT molecular complexity index is 1740. The highest BCUT2D eigenvalue weighted by atomic mass is 35.5. The summed E-state index contributed by atoms with van der Waals surface area (Å²) < 4.78 is 6.32. The van der Waals surface area contributed by atoms with Crippen LogP contribution in [0.1, 0.15) is 55.9 Å². The van der Waals surface area contributed by atoms with Gasteiger partial charge in [0.25, 0.3) is 5.91 Å². The number of anilines is 2. The zero-order valence-electron chi connectivity index (χ0n) is 27.2. The van der Waals surface area contributed by atoms with E-state index in [4.69, 9.17) is 21.6 Å². The lowest BCUT2D eigenvalue weighted by Crippen LogP contribution is -2.74. The number of aromatic nitrogens is 4. The van der Waals surface area contributed by atoms with Gasteiger partial charge in [0.2, 0.25) is 5.91 Å². The van der Waals surface area contributed by atoms with Crippen LogP contribution in [-0.4, -0.2) is 88.0 Å². The lowest BCUT2D eigenvalue weighted by Gasteiger charge is -2.63. The van der Waals surface area contributed by atoms with Gasteiger partial charge >= 0.3 is 6.03 Å². The molecule has 3 aliphatic rings. The summed E-state index contributed by atoms with van der Waals surface area (Å²) in [5.41, 5.74) is 0.614. The Morgan fingerprint density at radius 1 is 0.979 bits per heavy atom. The van der Waals surface area contributed by atoms with Gasteiger partial charge in [-0.2, -0.15) is 10.4 Å². The molecule has 0 bridgehead atoms. The van der Waals surface area contributed by atoms with Gasteiger partial charge < -0.3 is 15.0 Å². The number of amides is 4. The summed E-state index contributed by atoms with van der Waals surface area (Å²) in [7, 11) is 0. The van der Waals surface area contributed by atoms with E-state index in [-0.39, 0.29) is 42.6 Å². The first kappa shape index (κ1) is 33.0. The number of carbonyl (C=O) groups excluding carboxylic acids is 3. The van der Waals surface area contributed by atoms with Gasteiger partial charge in [0, 0.05) is 68.6 Å². The fourth-order valence-corrected chi connectivity index (χ4v) is 7.36. The molecule has 1 saturated carbocycles. The predicted molar refractivity (Wildman–Crippen MR) is 176 cm³/mol. The number of rotatable bonds is 8. The maximum atomic E-state index is 13.3. The molecule has 4 amide bonds. The second kappa shape index (κ2) is 13.0. The first-order valence-corrected chi connectivity index (χ1v) is 16.2. The molecule has 0 unspecified atom stereocenters. The summed E-state index contributed by atoms with van der Waals surface area (Å²) >= 11 is 6.21. The molecule has 3 aromatic rings. The van der Waals surface area contributed by atoms with Crippen LogP contribution in [0.5, 0.6) is 5.75 Å². The van der Waals surface area contributed by atoms with Gasteiger partial charge in [-0.1, -0.05) is 39.3 Å². The van der Waals surface area contributed by atoms with E-state index in [0.717, 1.165) is 31.9 Å². The van der Waals surface area contributed by atoms with E-state index in [2.05, 4.69) is 74.6 Å². The molecule has 2 aliphatic heterocycles. The maximum absolute atomic E-state index is 13.3. The molecule has 6 rings (SSSR count). The molecule has 0 atom stereocenters. The Balaban J connectivity index is 0.994. The predicted octanol–water partition coefficient (Wildman–Crippen LogP) is 3.17. The van der Waals surface area contributed by atoms with Crippen molar-refractivity contribution in [2.75, 3.05) is 42.5 Å². The van der Waals surface area contributed by atoms with E-state index >= 15 is 0 Å². The smallest absolute Gasteiger partial charge is 0.329 e. The van der Waals surface area contributed by atoms with E-state index in [1.54, 1.807) is 30.3 Å². The van der Waals surface area contributed by atoms with Crippen molar-refractivity contribution in [2.45, 2.75) is 52.8 Å². The van der Waals surface area contributed by atoms with Crippen molar-refractivity contribution in [1.82, 2.24) is 35.9 Å². The number of nitriles is 1. The Morgan fingerprint density at radius 2 is 1.69 bits per heavy atom. The number of ether oxygens (including phenoxy) is 1. The second-order valence-corrected chi connectivity index (χ2v) is 13.9. The average molecular weight is 673 g/mol. The van der Waals surface area contributed by atoms with Crippen LogP contribution in [-0.2, 0) is 11.3 Å². The quantitative estimate of drug-likeness (QED) is 0.360. The minimum Gasteiger partial charge on any atom is -0.489 e. The molecule has 14 nitrogen and oxygen atoms in total. The first-order chi connectivity index (χ1) is 22.9. The normalized spacial score (nSPS) is 21.9. The number of imide groups is 1. The molecule has 2 saturated heterocycles. The largest absolute Gasteiger partial charge is 0.489 e. The van der Waals surface area contributed by atoms with E-state index < -0.39 is 16.9 Å². The third kappa shape index (κ3) is 6.48. The standard InChI is InChI=1S/C33H37ClN10O4/c1-32(2)29(33(3,4)30(32)48-22-7-5-20(18-35)23(34)17-22)37-28(46)24-8-10-25(40-39-24)43-15-13-42(14-16-43)19-21-6-9-26(41-38-21)44-12-11-27(45)36-31(44)47/h5-10,17,29-30H,11-16,19H2,1-4H3,(H,37,46)(H,36,45,47). The number of benzene rings is 1. The SMILES string of the molecule is CC1(C)C(NC(=O)c2ccc(N3CCN(Cc4ccc(N5CCC(=O)NC5=O)nn4)CC3)nn2)C(C)(C)C1Oc1ccc(C#N)c(Cl)c1. The van der Waals surface area contributed by atoms with E-state index in [1.807, 2.05) is 12.1 Å². The lowest BCUT2D eigenvalue weighted by molar-refractivity contribution is -0.164. The van der Waals surface area contributed by atoms with Crippen LogP contribution in [0.15, 0.2) is 42.5 Å².